The van der Waals surface area contributed by atoms with Crippen molar-refractivity contribution in [3.8, 4) is 0 Å². The third kappa shape index (κ3) is 3.15. The molecule has 2 aliphatic heterocycles. The Morgan fingerprint density at radius 2 is 1.68 bits per heavy atom. The van der Waals surface area contributed by atoms with E-state index in [2.05, 4.69) is 40.9 Å². The molecule has 0 atom stereocenters. The molecule has 2 aliphatic rings. The number of rotatable bonds is 3. The minimum Gasteiger partial charge on any atom is -0.381 e. The van der Waals surface area contributed by atoms with Gasteiger partial charge in [0.25, 0.3) is 0 Å². The zero-order valence-corrected chi connectivity index (χ0v) is 16.0. The van der Waals surface area contributed by atoms with Gasteiger partial charge in [-0.2, -0.15) is 5.10 Å². The van der Waals surface area contributed by atoms with Gasteiger partial charge in [0, 0.05) is 64.1 Å². The number of piperazine rings is 1. The van der Waals surface area contributed by atoms with Gasteiger partial charge in [0.15, 0.2) is 5.65 Å². The maximum absolute atomic E-state index is 5.48. The standard InChI is InChI=1S/C19H24N8O/c1-25-18-15(11-24-25)19(23-13-22-18)27-6-4-26(5-7-27)17-10-16(20-12-21-17)14-2-8-28-9-3-14/h10-14H,2-9H2,1H3. The van der Waals surface area contributed by atoms with Crippen molar-refractivity contribution in [2.75, 3.05) is 49.2 Å². The van der Waals surface area contributed by atoms with E-state index in [1.165, 1.54) is 0 Å². The number of aryl methyl sites for hydroxylation is 1. The predicted molar refractivity (Wildman–Crippen MR) is 106 cm³/mol. The van der Waals surface area contributed by atoms with E-state index < -0.39 is 0 Å². The molecule has 0 spiro atoms. The normalized spacial score (nSPS) is 18.8. The fraction of sp³-hybridized carbons (Fsp3) is 0.526. The second kappa shape index (κ2) is 7.31. The van der Waals surface area contributed by atoms with Crippen molar-refractivity contribution in [2.45, 2.75) is 18.8 Å². The second-order valence-electron chi connectivity index (χ2n) is 7.36. The highest BCUT2D eigenvalue weighted by Gasteiger charge is 2.23. The van der Waals surface area contributed by atoms with Crippen molar-refractivity contribution in [3.05, 3.63) is 30.6 Å². The molecule has 0 amide bonds. The Balaban J connectivity index is 1.30. The van der Waals surface area contributed by atoms with E-state index in [1.807, 2.05) is 13.2 Å². The molecule has 3 aromatic rings. The van der Waals surface area contributed by atoms with Crippen LogP contribution in [0, 0.1) is 0 Å². The lowest BCUT2D eigenvalue weighted by Gasteiger charge is -2.36. The summed E-state index contributed by atoms with van der Waals surface area (Å²) >= 11 is 0. The van der Waals surface area contributed by atoms with Gasteiger partial charge in [-0.15, -0.1) is 0 Å². The summed E-state index contributed by atoms with van der Waals surface area (Å²) < 4.78 is 7.27. The lowest BCUT2D eigenvalue weighted by molar-refractivity contribution is 0.0845. The van der Waals surface area contributed by atoms with Gasteiger partial charge in [-0.05, 0) is 12.8 Å². The van der Waals surface area contributed by atoms with Crippen LogP contribution in [0.1, 0.15) is 24.5 Å². The van der Waals surface area contributed by atoms with E-state index in [0.717, 1.165) is 80.6 Å². The topological polar surface area (TPSA) is 85.1 Å². The van der Waals surface area contributed by atoms with Crippen LogP contribution in [0.15, 0.2) is 24.9 Å². The van der Waals surface area contributed by atoms with E-state index in [4.69, 9.17) is 4.74 Å². The first-order valence-electron chi connectivity index (χ1n) is 9.82. The van der Waals surface area contributed by atoms with E-state index >= 15 is 0 Å². The minimum atomic E-state index is 0.483. The van der Waals surface area contributed by atoms with Crippen LogP contribution in [-0.2, 0) is 11.8 Å². The molecule has 9 nitrogen and oxygen atoms in total. The van der Waals surface area contributed by atoms with Crippen LogP contribution in [0.2, 0.25) is 0 Å². The van der Waals surface area contributed by atoms with Gasteiger partial charge in [-0.1, -0.05) is 0 Å². The number of nitrogens with zero attached hydrogens (tertiary/aromatic N) is 8. The van der Waals surface area contributed by atoms with Crippen molar-refractivity contribution in [1.29, 1.82) is 0 Å². The molecule has 146 valence electrons. The summed E-state index contributed by atoms with van der Waals surface area (Å²) in [5, 5.41) is 5.32. The van der Waals surface area contributed by atoms with E-state index in [9.17, 15) is 0 Å². The summed E-state index contributed by atoms with van der Waals surface area (Å²) in [5.74, 6) is 2.46. The summed E-state index contributed by atoms with van der Waals surface area (Å²) in [6.45, 7) is 5.22. The first-order valence-corrected chi connectivity index (χ1v) is 9.82. The highest BCUT2D eigenvalue weighted by molar-refractivity contribution is 5.86. The van der Waals surface area contributed by atoms with Gasteiger partial charge in [0.05, 0.1) is 11.6 Å². The van der Waals surface area contributed by atoms with Crippen LogP contribution in [0.25, 0.3) is 11.0 Å². The molecule has 28 heavy (non-hydrogen) atoms. The second-order valence-corrected chi connectivity index (χ2v) is 7.36. The quantitative estimate of drug-likeness (QED) is 0.674. The monoisotopic (exact) mass is 380 g/mol. The Bertz CT molecular complexity index is 959. The zero-order valence-electron chi connectivity index (χ0n) is 16.0. The zero-order chi connectivity index (χ0) is 18.9. The molecule has 2 saturated heterocycles. The summed E-state index contributed by atoms with van der Waals surface area (Å²) in [7, 11) is 1.90. The van der Waals surface area contributed by atoms with E-state index in [1.54, 1.807) is 17.3 Å². The first kappa shape index (κ1) is 17.3. The molecular formula is C19H24N8O. The molecule has 0 aromatic carbocycles. The Morgan fingerprint density at radius 3 is 2.50 bits per heavy atom. The number of hydrogen-bond acceptors (Lipinski definition) is 8. The molecular weight excluding hydrogens is 356 g/mol. The van der Waals surface area contributed by atoms with Crippen molar-refractivity contribution in [1.82, 2.24) is 29.7 Å². The van der Waals surface area contributed by atoms with Gasteiger partial charge in [0.2, 0.25) is 0 Å². The van der Waals surface area contributed by atoms with Crippen LogP contribution in [0.3, 0.4) is 0 Å². The lowest BCUT2D eigenvalue weighted by Crippen LogP contribution is -2.47. The summed E-state index contributed by atoms with van der Waals surface area (Å²) in [4.78, 5) is 22.6. The number of aromatic nitrogens is 6. The molecule has 9 heteroatoms. The summed E-state index contributed by atoms with van der Waals surface area (Å²) in [6, 6.07) is 2.16. The largest absolute Gasteiger partial charge is 0.381 e. The van der Waals surface area contributed by atoms with Crippen molar-refractivity contribution in [2.24, 2.45) is 7.05 Å². The molecule has 5 rings (SSSR count). The molecule has 5 heterocycles. The predicted octanol–water partition coefficient (Wildman–Crippen LogP) is 1.37. The third-order valence-electron chi connectivity index (χ3n) is 5.72. The highest BCUT2D eigenvalue weighted by atomic mass is 16.5. The molecule has 0 saturated carbocycles. The van der Waals surface area contributed by atoms with Crippen LogP contribution in [-0.4, -0.2) is 69.1 Å². The molecule has 3 aromatic heterocycles. The average molecular weight is 380 g/mol. The number of ether oxygens (including phenoxy) is 1. The van der Waals surface area contributed by atoms with Gasteiger partial charge in [0.1, 0.15) is 24.3 Å². The van der Waals surface area contributed by atoms with Crippen molar-refractivity contribution >= 4 is 22.7 Å². The molecule has 0 radical (unpaired) electrons. The van der Waals surface area contributed by atoms with Gasteiger partial charge in [-0.3, -0.25) is 4.68 Å². The Hall–Kier alpha value is -2.81. The Morgan fingerprint density at radius 1 is 0.929 bits per heavy atom. The van der Waals surface area contributed by atoms with E-state index in [0.29, 0.717) is 5.92 Å². The van der Waals surface area contributed by atoms with Crippen LogP contribution >= 0.6 is 0 Å². The third-order valence-corrected chi connectivity index (χ3v) is 5.72. The summed E-state index contributed by atoms with van der Waals surface area (Å²) in [6.07, 6.45) is 7.26. The van der Waals surface area contributed by atoms with E-state index in [-0.39, 0.29) is 0 Å². The molecule has 0 unspecified atom stereocenters. The van der Waals surface area contributed by atoms with Crippen molar-refractivity contribution in [3.63, 3.8) is 0 Å². The van der Waals surface area contributed by atoms with Gasteiger partial charge in [-0.25, -0.2) is 19.9 Å². The lowest BCUT2D eigenvalue weighted by atomic mass is 9.96. The fourth-order valence-corrected chi connectivity index (χ4v) is 4.10. The minimum absolute atomic E-state index is 0.483. The van der Waals surface area contributed by atoms with Crippen molar-refractivity contribution < 1.29 is 4.74 Å². The summed E-state index contributed by atoms with van der Waals surface area (Å²) in [5.41, 5.74) is 2.01. The molecule has 0 aliphatic carbocycles. The van der Waals surface area contributed by atoms with Gasteiger partial charge < -0.3 is 14.5 Å². The number of anilines is 2. The van der Waals surface area contributed by atoms with Crippen LogP contribution in [0.5, 0.6) is 0 Å². The Labute approximate surface area is 163 Å². The van der Waals surface area contributed by atoms with Crippen LogP contribution in [0.4, 0.5) is 11.6 Å². The highest BCUT2D eigenvalue weighted by Crippen LogP contribution is 2.28. The smallest absolute Gasteiger partial charge is 0.163 e. The fourth-order valence-electron chi connectivity index (χ4n) is 4.10. The maximum Gasteiger partial charge on any atom is 0.163 e. The first-order chi connectivity index (χ1) is 13.8. The maximum atomic E-state index is 5.48. The Kier molecular flexibility index (Phi) is 4.52. The van der Waals surface area contributed by atoms with Gasteiger partial charge >= 0.3 is 0 Å². The number of hydrogen-bond donors (Lipinski definition) is 0. The van der Waals surface area contributed by atoms with Crippen LogP contribution < -0.4 is 9.80 Å². The average Bonchev–Trinajstić information content (AvgIpc) is 3.16. The molecule has 0 N–H and O–H groups in total. The molecule has 2 fully saturated rings. The molecule has 0 bridgehead atoms. The number of fused-ring (bicyclic) bond motifs is 1. The SMILES string of the molecule is Cn1ncc2c(N3CCN(c4cc(C5CCOCC5)ncn4)CC3)ncnc21.